The summed E-state index contributed by atoms with van der Waals surface area (Å²) in [6.45, 7) is 0. The lowest BCUT2D eigenvalue weighted by Gasteiger charge is -2.26. The van der Waals surface area contributed by atoms with Gasteiger partial charge in [0, 0.05) is 27.8 Å². The molecule has 2 heteroatoms. The molecule has 196 valence electrons. The second kappa shape index (κ2) is 8.95. The van der Waals surface area contributed by atoms with Gasteiger partial charge in [0.25, 0.3) is 0 Å². The highest BCUT2D eigenvalue weighted by Crippen LogP contribution is 2.41. The lowest BCUT2D eigenvalue weighted by molar-refractivity contribution is 0.669. The number of rotatable bonds is 3. The molecule has 0 saturated heterocycles. The summed E-state index contributed by atoms with van der Waals surface area (Å²) in [5.74, 6) is 0. The molecule has 0 unspecified atom stereocenters. The van der Waals surface area contributed by atoms with Crippen LogP contribution in [0.15, 0.2) is 156 Å². The first kappa shape index (κ1) is 23.1. The van der Waals surface area contributed by atoms with E-state index < -0.39 is 0 Å². The molecule has 0 amide bonds. The van der Waals surface area contributed by atoms with Crippen molar-refractivity contribution in [3.63, 3.8) is 0 Å². The Hall–Kier alpha value is -5.60. The first-order valence-electron chi connectivity index (χ1n) is 14.3. The predicted molar refractivity (Wildman–Crippen MR) is 178 cm³/mol. The highest BCUT2D eigenvalue weighted by atomic mass is 16.3. The van der Waals surface area contributed by atoms with Gasteiger partial charge in [-0.1, -0.05) is 97.1 Å². The lowest BCUT2D eigenvalue weighted by atomic mass is 9.98. The Morgan fingerprint density at radius 3 is 1.62 bits per heavy atom. The van der Waals surface area contributed by atoms with E-state index in [1.807, 2.05) is 12.1 Å². The van der Waals surface area contributed by atoms with Gasteiger partial charge >= 0.3 is 0 Å². The number of nitrogens with zero attached hydrogens (tertiary/aromatic N) is 1. The monoisotopic (exact) mass is 535 g/mol. The summed E-state index contributed by atoms with van der Waals surface area (Å²) in [4.78, 5) is 2.37. The molecular formula is C40H25NO. The minimum absolute atomic E-state index is 0.923. The van der Waals surface area contributed by atoms with Crippen molar-refractivity contribution in [3.05, 3.63) is 152 Å². The van der Waals surface area contributed by atoms with Crippen LogP contribution < -0.4 is 4.90 Å². The van der Waals surface area contributed by atoms with Crippen LogP contribution in [0.4, 0.5) is 17.1 Å². The van der Waals surface area contributed by atoms with Gasteiger partial charge in [-0.2, -0.15) is 0 Å². The number of anilines is 3. The zero-order valence-electron chi connectivity index (χ0n) is 22.8. The van der Waals surface area contributed by atoms with E-state index in [0.29, 0.717) is 0 Å². The van der Waals surface area contributed by atoms with Crippen LogP contribution in [0.2, 0.25) is 0 Å². The molecule has 0 radical (unpaired) electrons. The molecule has 0 atom stereocenters. The number of para-hydroxylation sites is 2. The van der Waals surface area contributed by atoms with Crippen molar-refractivity contribution in [3.8, 4) is 0 Å². The van der Waals surface area contributed by atoms with Crippen molar-refractivity contribution in [1.82, 2.24) is 0 Å². The van der Waals surface area contributed by atoms with Crippen molar-refractivity contribution >= 4 is 82.1 Å². The Balaban J connectivity index is 1.30. The van der Waals surface area contributed by atoms with Crippen LogP contribution in [0, 0.1) is 0 Å². The number of fused-ring (bicyclic) bond motifs is 9. The van der Waals surface area contributed by atoms with E-state index in [4.69, 9.17) is 4.42 Å². The van der Waals surface area contributed by atoms with Crippen LogP contribution in [0.25, 0.3) is 65.0 Å². The van der Waals surface area contributed by atoms with Gasteiger partial charge in [0.05, 0.1) is 0 Å². The van der Waals surface area contributed by atoms with Crippen LogP contribution in [0.5, 0.6) is 0 Å². The normalized spacial score (nSPS) is 11.8. The third kappa shape index (κ3) is 3.52. The van der Waals surface area contributed by atoms with Gasteiger partial charge in [0.1, 0.15) is 11.2 Å². The molecule has 0 saturated carbocycles. The maximum atomic E-state index is 6.21. The molecule has 42 heavy (non-hydrogen) atoms. The van der Waals surface area contributed by atoms with E-state index in [9.17, 15) is 0 Å². The quantitative estimate of drug-likeness (QED) is 0.209. The zero-order chi connectivity index (χ0) is 27.6. The maximum Gasteiger partial charge on any atom is 0.136 e. The first-order valence-corrected chi connectivity index (χ1v) is 14.3. The molecule has 0 N–H and O–H groups in total. The SMILES string of the molecule is c1ccc(N(c2ccc3ccc4ccccc4c3c2)c2ccc3ccc4cc5oc6ccccc6c5cc4c3c2)cc1. The first-order chi connectivity index (χ1) is 20.8. The topological polar surface area (TPSA) is 16.4 Å². The molecule has 9 rings (SSSR count). The van der Waals surface area contributed by atoms with Gasteiger partial charge in [0.15, 0.2) is 0 Å². The Morgan fingerprint density at radius 2 is 0.857 bits per heavy atom. The van der Waals surface area contributed by atoms with E-state index in [-0.39, 0.29) is 0 Å². The van der Waals surface area contributed by atoms with Crippen LogP contribution >= 0.6 is 0 Å². The predicted octanol–water partition coefficient (Wildman–Crippen LogP) is 11.7. The van der Waals surface area contributed by atoms with Gasteiger partial charge in [-0.15, -0.1) is 0 Å². The maximum absolute atomic E-state index is 6.21. The van der Waals surface area contributed by atoms with E-state index in [2.05, 4.69) is 144 Å². The molecule has 0 aliphatic carbocycles. The van der Waals surface area contributed by atoms with Gasteiger partial charge in [0.2, 0.25) is 0 Å². The Morgan fingerprint density at radius 1 is 0.310 bits per heavy atom. The fourth-order valence-corrected chi connectivity index (χ4v) is 6.55. The molecule has 0 aliphatic heterocycles. The van der Waals surface area contributed by atoms with E-state index in [0.717, 1.165) is 39.0 Å². The third-order valence-corrected chi connectivity index (χ3v) is 8.58. The van der Waals surface area contributed by atoms with Crippen molar-refractivity contribution < 1.29 is 4.42 Å². The second-order valence-electron chi connectivity index (χ2n) is 11.0. The molecule has 1 aromatic heterocycles. The van der Waals surface area contributed by atoms with Crippen LogP contribution in [-0.4, -0.2) is 0 Å². The van der Waals surface area contributed by atoms with E-state index >= 15 is 0 Å². The minimum atomic E-state index is 0.923. The van der Waals surface area contributed by atoms with Gasteiger partial charge in [-0.25, -0.2) is 0 Å². The molecule has 9 aromatic rings. The molecule has 0 bridgehead atoms. The molecule has 0 fully saturated rings. The highest BCUT2D eigenvalue weighted by Gasteiger charge is 2.16. The number of furan rings is 1. The summed E-state index contributed by atoms with van der Waals surface area (Å²) in [6, 6.07) is 54.5. The summed E-state index contributed by atoms with van der Waals surface area (Å²) >= 11 is 0. The number of benzene rings is 8. The van der Waals surface area contributed by atoms with Gasteiger partial charge < -0.3 is 9.32 Å². The van der Waals surface area contributed by atoms with Crippen molar-refractivity contribution in [2.45, 2.75) is 0 Å². The van der Waals surface area contributed by atoms with E-state index in [1.165, 1.54) is 43.1 Å². The van der Waals surface area contributed by atoms with Crippen LogP contribution in [-0.2, 0) is 0 Å². The standard InChI is InChI=1S/C40H25NO/c1-2-9-30(10-3-1)41(31-20-18-27-15-14-26-8-4-5-11-33(26)35(27)23-31)32-21-19-28-16-17-29-22-40-38(25-37(29)36(28)24-32)34-12-6-7-13-39(34)42-40/h1-25H. The summed E-state index contributed by atoms with van der Waals surface area (Å²) in [5, 5.41) is 12.2. The average molecular weight is 536 g/mol. The molecule has 8 aromatic carbocycles. The molecule has 1 heterocycles. The summed E-state index contributed by atoms with van der Waals surface area (Å²) in [6.07, 6.45) is 0. The summed E-state index contributed by atoms with van der Waals surface area (Å²) < 4.78 is 6.21. The highest BCUT2D eigenvalue weighted by molar-refractivity contribution is 6.17. The third-order valence-electron chi connectivity index (χ3n) is 8.58. The fraction of sp³-hybridized carbons (Fsp3) is 0. The molecular weight excluding hydrogens is 510 g/mol. The van der Waals surface area contributed by atoms with E-state index in [1.54, 1.807) is 0 Å². The number of hydrogen-bond acceptors (Lipinski definition) is 2. The molecule has 0 aliphatic rings. The van der Waals surface area contributed by atoms with Crippen LogP contribution in [0.1, 0.15) is 0 Å². The largest absolute Gasteiger partial charge is 0.456 e. The Kier molecular flexibility index (Phi) is 4.93. The van der Waals surface area contributed by atoms with Crippen LogP contribution in [0.3, 0.4) is 0 Å². The van der Waals surface area contributed by atoms with Gasteiger partial charge in [-0.3, -0.25) is 0 Å². The van der Waals surface area contributed by atoms with Crippen molar-refractivity contribution in [2.24, 2.45) is 0 Å². The lowest BCUT2D eigenvalue weighted by Crippen LogP contribution is -2.09. The van der Waals surface area contributed by atoms with Gasteiger partial charge in [-0.05, 0) is 97.7 Å². The second-order valence-corrected chi connectivity index (χ2v) is 11.0. The summed E-state index contributed by atoms with van der Waals surface area (Å²) in [7, 11) is 0. The average Bonchev–Trinajstić information content (AvgIpc) is 3.42. The fourth-order valence-electron chi connectivity index (χ4n) is 6.55. The smallest absolute Gasteiger partial charge is 0.136 e. The number of hydrogen-bond donors (Lipinski definition) is 0. The molecule has 0 spiro atoms. The van der Waals surface area contributed by atoms with Crippen molar-refractivity contribution in [1.29, 1.82) is 0 Å². The Labute approximate surface area is 242 Å². The molecule has 2 nitrogen and oxygen atoms in total. The van der Waals surface area contributed by atoms with Crippen molar-refractivity contribution in [2.75, 3.05) is 4.90 Å². The Bertz CT molecular complexity index is 2470. The summed E-state index contributed by atoms with van der Waals surface area (Å²) in [5.41, 5.74) is 5.23. The zero-order valence-corrected chi connectivity index (χ0v) is 22.8. The minimum Gasteiger partial charge on any atom is -0.456 e.